The molecule has 2 unspecified atom stereocenters. The molecular formula is C15H26N2S. The third-order valence-corrected chi connectivity index (χ3v) is 4.49. The summed E-state index contributed by atoms with van der Waals surface area (Å²) in [6.45, 7) is 9.17. The molecular weight excluding hydrogens is 240 g/mol. The molecule has 0 bridgehead atoms. The van der Waals surface area contributed by atoms with Crippen LogP contribution in [0, 0.1) is 10.7 Å². The minimum atomic E-state index is 0.158. The number of imidazole rings is 1. The summed E-state index contributed by atoms with van der Waals surface area (Å²) in [5.41, 5.74) is 1.51. The molecule has 2 rings (SSSR count). The van der Waals surface area contributed by atoms with Crippen molar-refractivity contribution in [2.24, 2.45) is 5.92 Å². The van der Waals surface area contributed by atoms with Gasteiger partial charge < -0.3 is 9.55 Å². The van der Waals surface area contributed by atoms with Gasteiger partial charge in [0, 0.05) is 23.3 Å². The van der Waals surface area contributed by atoms with Crippen molar-refractivity contribution >= 4 is 12.2 Å². The van der Waals surface area contributed by atoms with Crippen LogP contribution in [0.15, 0.2) is 6.20 Å². The molecule has 0 aromatic carbocycles. The smallest absolute Gasteiger partial charge is 0.177 e. The van der Waals surface area contributed by atoms with E-state index in [1.54, 1.807) is 0 Å². The van der Waals surface area contributed by atoms with Crippen molar-refractivity contribution in [3.8, 4) is 0 Å². The van der Waals surface area contributed by atoms with Crippen molar-refractivity contribution in [1.82, 2.24) is 9.55 Å². The third kappa shape index (κ3) is 2.87. The molecule has 2 atom stereocenters. The number of H-pyrrole nitrogens is 1. The van der Waals surface area contributed by atoms with Crippen LogP contribution in [0.5, 0.6) is 0 Å². The highest BCUT2D eigenvalue weighted by molar-refractivity contribution is 7.71. The van der Waals surface area contributed by atoms with E-state index in [1.807, 2.05) is 0 Å². The molecule has 0 amide bonds. The second-order valence-electron chi connectivity index (χ2n) is 6.87. The summed E-state index contributed by atoms with van der Waals surface area (Å²) >= 11 is 5.50. The lowest BCUT2D eigenvalue weighted by molar-refractivity contribution is 0.393. The van der Waals surface area contributed by atoms with Gasteiger partial charge in [-0.3, -0.25) is 0 Å². The molecule has 0 aliphatic heterocycles. The highest BCUT2D eigenvalue weighted by Gasteiger charge is 2.25. The van der Waals surface area contributed by atoms with Crippen LogP contribution in [-0.4, -0.2) is 9.55 Å². The number of rotatable bonds is 1. The summed E-state index contributed by atoms with van der Waals surface area (Å²) in [5, 5.41) is 0. The zero-order chi connectivity index (χ0) is 13.3. The first-order chi connectivity index (χ1) is 8.39. The van der Waals surface area contributed by atoms with Gasteiger partial charge >= 0.3 is 0 Å². The summed E-state index contributed by atoms with van der Waals surface area (Å²) in [5.74, 6) is 0.876. The van der Waals surface area contributed by atoms with Crippen molar-refractivity contribution in [3.05, 3.63) is 16.7 Å². The Morgan fingerprint density at radius 2 is 1.94 bits per heavy atom. The minimum absolute atomic E-state index is 0.158. The molecule has 0 radical (unpaired) electrons. The van der Waals surface area contributed by atoms with Gasteiger partial charge in [0.05, 0.1) is 0 Å². The van der Waals surface area contributed by atoms with Crippen molar-refractivity contribution in [3.63, 3.8) is 0 Å². The zero-order valence-electron chi connectivity index (χ0n) is 12.1. The topological polar surface area (TPSA) is 20.7 Å². The molecule has 3 heteroatoms. The van der Waals surface area contributed by atoms with E-state index in [0.717, 1.165) is 10.7 Å². The van der Waals surface area contributed by atoms with Gasteiger partial charge in [0.15, 0.2) is 4.77 Å². The Hall–Kier alpha value is -0.570. The zero-order valence-corrected chi connectivity index (χ0v) is 12.9. The quantitative estimate of drug-likeness (QED) is 0.561. The number of hydrogen-bond acceptors (Lipinski definition) is 1. The number of aromatic nitrogens is 2. The molecule has 1 N–H and O–H groups in total. The SMILES string of the molecule is CC1CCCC(n2c(C(C)(C)C)c[nH]c2=S)CC1. The van der Waals surface area contributed by atoms with Crippen molar-refractivity contribution in [1.29, 1.82) is 0 Å². The Balaban J connectivity index is 2.32. The predicted molar refractivity (Wildman–Crippen MR) is 79.6 cm³/mol. The third-order valence-electron chi connectivity index (χ3n) is 4.17. The van der Waals surface area contributed by atoms with Crippen molar-refractivity contribution < 1.29 is 0 Å². The fourth-order valence-electron chi connectivity index (χ4n) is 3.04. The highest BCUT2D eigenvalue weighted by atomic mass is 32.1. The Labute approximate surface area is 116 Å². The van der Waals surface area contributed by atoms with E-state index < -0.39 is 0 Å². The number of nitrogens with one attached hydrogen (secondary N) is 1. The van der Waals surface area contributed by atoms with E-state index in [4.69, 9.17) is 12.2 Å². The van der Waals surface area contributed by atoms with Gasteiger partial charge in [-0.15, -0.1) is 0 Å². The molecule has 1 aliphatic carbocycles. The van der Waals surface area contributed by atoms with Gasteiger partial charge in [-0.05, 0) is 37.4 Å². The Morgan fingerprint density at radius 1 is 1.22 bits per heavy atom. The Kier molecular flexibility index (Phi) is 4.00. The second kappa shape index (κ2) is 5.20. The molecule has 1 heterocycles. The van der Waals surface area contributed by atoms with Gasteiger partial charge in [0.25, 0.3) is 0 Å². The minimum Gasteiger partial charge on any atom is -0.337 e. The summed E-state index contributed by atoms with van der Waals surface area (Å²) in [6.07, 6.45) is 8.70. The first kappa shape index (κ1) is 13.9. The van der Waals surface area contributed by atoms with Crippen molar-refractivity contribution in [2.45, 2.75) is 71.3 Å². The normalized spacial score (nSPS) is 26.0. The van der Waals surface area contributed by atoms with Gasteiger partial charge in [-0.25, -0.2) is 0 Å². The van der Waals surface area contributed by atoms with E-state index in [1.165, 1.54) is 37.8 Å². The largest absolute Gasteiger partial charge is 0.337 e. The lowest BCUT2D eigenvalue weighted by Gasteiger charge is -2.26. The number of nitrogens with zero attached hydrogens (tertiary/aromatic N) is 1. The van der Waals surface area contributed by atoms with Crippen LogP contribution in [0.2, 0.25) is 0 Å². The van der Waals surface area contributed by atoms with Crippen LogP contribution in [0.1, 0.15) is 71.5 Å². The monoisotopic (exact) mass is 266 g/mol. The Morgan fingerprint density at radius 3 is 2.61 bits per heavy atom. The Bertz CT molecular complexity index is 450. The molecule has 0 saturated heterocycles. The maximum atomic E-state index is 5.50. The van der Waals surface area contributed by atoms with Crippen LogP contribution in [0.25, 0.3) is 0 Å². The second-order valence-corrected chi connectivity index (χ2v) is 7.25. The maximum absolute atomic E-state index is 5.50. The van der Waals surface area contributed by atoms with Gasteiger partial charge in [-0.1, -0.05) is 40.5 Å². The molecule has 102 valence electrons. The molecule has 1 aromatic rings. The molecule has 1 aromatic heterocycles. The fraction of sp³-hybridized carbons (Fsp3) is 0.800. The molecule has 0 spiro atoms. The van der Waals surface area contributed by atoms with Crippen LogP contribution in [0.3, 0.4) is 0 Å². The summed E-state index contributed by atoms with van der Waals surface area (Å²) in [7, 11) is 0. The van der Waals surface area contributed by atoms with Crippen LogP contribution < -0.4 is 0 Å². The first-order valence-electron chi connectivity index (χ1n) is 7.20. The highest BCUT2D eigenvalue weighted by Crippen LogP contribution is 2.34. The summed E-state index contributed by atoms with van der Waals surface area (Å²) in [6, 6.07) is 0.600. The van der Waals surface area contributed by atoms with Crippen LogP contribution in [0.4, 0.5) is 0 Å². The molecule has 1 fully saturated rings. The maximum Gasteiger partial charge on any atom is 0.177 e. The average Bonchev–Trinajstić information content (AvgIpc) is 2.52. The van der Waals surface area contributed by atoms with E-state index >= 15 is 0 Å². The van der Waals surface area contributed by atoms with Gasteiger partial charge in [-0.2, -0.15) is 0 Å². The van der Waals surface area contributed by atoms with E-state index in [2.05, 4.69) is 43.4 Å². The predicted octanol–water partition coefficient (Wildman–Crippen LogP) is 4.98. The van der Waals surface area contributed by atoms with E-state index in [-0.39, 0.29) is 5.41 Å². The molecule has 1 aliphatic rings. The number of aromatic amines is 1. The van der Waals surface area contributed by atoms with E-state index in [0.29, 0.717) is 6.04 Å². The molecule has 18 heavy (non-hydrogen) atoms. The fourth-order valence-corrected chi connectivity index (χ4v) is 3.35. The number of hydrogen-bond donors (Lipinski definition) is 1. The first-order valence-corrected chi connectivity index (χ1v) is 7.61. The van der Waals surface area contributed by atoms with Gasteiger partial charge in [0.2, 0.25) is 0 Å². The van der Waals surface area contributed by atoms with Crippen LogP contribution in [-0.2, 0) is 5.41 Å². The van der Waals surface area contributed by atoms with Gasteiger partial charge in [0.1, 0.15) is 0 Å². The summed E-state index contributed by atoms with van der Waals surface area (Å²) in [4.78, 5) is 3.25. The molecule has 1 saturated carbocycles. The molecule has 2 nitrogen and oxygen atoms in total. The lowest BCUT2D eigenvalue weighted by atomic mass is 9.91. The standard InChI is InChI=1S/C15H26N2S/c1-11-6-5-7-12(9-8-11)17-13(15(2,3)4)10-16-14(17)18/h10-12H,5-9H2,1-4H3,(H,16,18). The summed E-state index contributed by atoms with van der Waals surface area (Å²) < 4.78 is 3.30. The van der Waals surface area contributed by atoms with Crippen LogP contribution >= 0.6 is 12.2 Å². The van der Waals surface area contributed by atoms with Crippen molar-refractivity contribution in [2.75, 3.05) is 0 Å². The van der Waals surface area contributed by atoms with E-state index in [9.17, 15) is 0 Å². The lowest BCUT2D eigenvalue weighted by Crippen LogP contribution is -2.21. The average molecular weight is 266 g/mol.